The molecule has 2 rings (SSSR count). The number of hydrogen-bond donors (Lipinski definition) is 0. The first-order valence-corrected chi connectivity index (χ1v) is 5.64. The van der Waals surface area contributed by atoms with Crippen LogP contribution in [0.15, 0.2) is 12.3 Å². The molecule has 0 radical (unpaired) electrons. The molecule has 1 aromatic heterocycles. The van der Waals surface area contributed by atoms with Crippen LogP contribution in [0.2, 0.25) is 0 Å². The quantitative estimate of drug-likeness (QED) is 0.722. The summed E-state index contributed by atoms with van der Waals surface area (Å²) in [6.07, 6.45) is 2.95. The second-order valence-electron chi connectivity index (χ2n) is 5.27. The zero-order chi connectivity index (χ0) is 11.8. The Morgan fingerprint density at radius 1 is 1.50 bits per heavy atom. The molecule has 2 heterocycles. The smallest absolute Gasteiger partial charge is 0.146 e. The van der Waals surface area contributed by atoms with Crippen molar-refractivity contribution < 1.29 is 0 Å². The molecule has 0 spiro atoms. The molecule has 0 amide bonds. The lowest BCUT2D eigenvalue weighted by molar-refractivity contribution is 0.418. The molecule has 0 aromatic carbocycles. The molecule has 0 atom stereocenters. The standard InChI is InChI=1S/C13H17N3/c1-10-4-6-15-12(11(10)8-14)16-7-5-13(2,3)9-16/h4,6H,5,7,9H2,1-3H3. The van der Waals surface area contributed by atoms with E-state index in [0.717, 1.165) is 36.5 Å². The predicted octanol–water partition coefficient (Wildman–Crippen LogP) is 2.50. The first kappa shape index (κ1) is 10.9. The van der Waals surface area contributed by atoms with Gasteiger partial charge >= 0.3 is 0 Å². The maximum atomic E-state index is 9.17. The van der Waals surface area contributed by atoms with Gasteiger partial charge in [0.2, 0.25) is 0 Å². The first-order chi connectivity index (χ1) is 7.53. The number of anilines is 1. The zero-order valence-electron chi connectivity index (χ0n) is 10.1. The van der Waals surface area contributed by atoms with Crippen molar-refractivity contribution in [3.05, 3.63) is 23.4 Å². The van der Waals surface area contributed by atoms with E-state index in [9.17, 15) is 5.26 Å². The minimum atomic E-state index is 0.331. The fourth-order valence-electron chi connectivity index (χ4n) is 2.22. The van der Waals surface area contributed by atoms with E-state index in [4.69, 9.17) is 0 Å². The highest BCUT2D eigenvalue weighted by molar-refractivity contribution is 5.57. The van der Waals surface area contributed by atoms with Gasteiger partial charge in [0.25, 0.3) is 0 Å². The summed E-state index contributed by atoms with van der Waals surface area (Å²) in [5, 5.41) is 9.17. The van der Waals surface area contributed by atoms with E-state index in [1.807, 2.05) is 13.0 Å². The molecule has 0 aliphatic carbocycles. The third-order valence-corrected chi connectivity index (χ3v) is 3.23. The van der Waals surface area contributed by atoms with Crippen LogP contribution in [0.3, 0.4) is 0 Å². The van der Waals surface area contributed by atoms with Crippen molar-refractivity contribution in [1.29, 1.82) is 5.26 Å². The molecule has 1 aliphatic heterocycles. The summed E-state index contributed by atoms with van der Waals surface area (Å²) in [5.74, 6) is 0.855. The van der Waals surface area contributed by atoms with E-state index in [-0.39, 0.29) is 0 Å². The number of nitrogens with zero attached hydrogens (tertiary/aromatic N) is 3. The SMILES string of the molecule is Cc1ccnc(N2CCC(C)(C)C2)c1C#N. The second kappa shape index (κ2) is 3.79. The van der Waals surface area contributed by atoms with E-state index in [2.05, 4.69) is 29.8 Å². The molecule has 0 N–H and O–H groups in total. The van der Waals surface area contributed by atoms with Crippen LogP contribution in [0.4, 0.5) is 5.82 Å². The molecule has 1 fully saturated rings. The van der Waals surface area contributed by atoms with E-state index in [1.54, 1.807) is 6.20 Å². The zero-order valence-corrected chi connectivity index (χ0v) is 10.1. The van der Waals surface area contributed by atoms with Gasteiger partial charge in [-0.2, -0.15) is 5.26 Å². The van der Waals surface area contributed by atoms with Crippen LogP contribution in [0.1, 0.15) is 31.4 Å². The fraction of sp³-hybridized carbons (Fsp3) is 0.538. The van der Waals surface area contributed by atoms with Crippen LogP contribution >= 0.6 is 0 Å². The number of aromatic nitrogens is 1. The van der Waals surface area contributed by atoms with Gasteiger partial charge in [-0.05, 0) is 30.4 Å². The van der Waals surface area contributed by atoms with Gasteiger partial charge in [0.15, 0.2) is 0 Å². The number of aryl methyl sites for hydroxylation is 1. The van der Waals surface area contributed by atoms with Crippen LogP contribution in [0.5, 0.6) is 0 Å². The average molecular weight is 215 g/mol. The molecule has 84 valence electrons. The van der Waals surface area contributed by atoms with Crippen LogP contribution in [-0.2, 0) is 0 Å². The predicted molar refractivity (Wildman–Crippen MR) is 64.3 cm³/mol. The van der Waals surface area contributed by atoms with Crippen molar-refractivity contribution in [2.75, 3.05) is 18.0 Å². The fourth-order valence-corrected chi connectivity index (χ4v) is 2.22. The Morgan fingerprint density at radius 2 is 2.25 bits per heavy atom. The van der Waals surface area contributed by atoms with Crippen molar-refractivity contribution in [3.8, 4) is 6.07 Å². The van der Waals surface area contributed by atoms with Gasteiger partial charge in [0.05, 0.1) is 5.56 Å². The Kier molecular flexibility index (Phi) is 2.59. The Morgan fingerprint density at radius 3 is 2.81 bits per heavy atom. The molecule has 1 aliphatic rings. The number of rotatable bonds is 1. The number of nitriles is 1. The van der Waals surface area contributed by atoms with Crippen LogP contribution < -0.4 is 4.90 Å². The summed E-state index contributed by atoms with van der Waals surface area (Å²) in [6, 6.07) is 4.16. The molecule has 0 saturated carbocycles. The number of hydrogen-bond acceptors (Lipinski definition) is 3. The normalized spacial score (nSPS) is 18.5. The molecular weight excluding hydrogens is 198 g/mol. The van der Waals surface area contributed by atoms with Crippen molar-refractivity contribution in [2.24, 2.45) is 5.41 Å². The molecule has 3 heteroatoms. The van der Waals surface area contributed by atoms with Gasteiger partial charge in [-0.25, -0.2) is 4.98 Å². The summed E-state index contributed by atoms with van der Waals surface area (Å²) in [4.78, 5) is 6.59. The summed E-state index contributed by atoms with van der Waals surface area (Å²) in [6.45, 7) is 8.46. The highest BCUT2D eigenvalue weighted by Gasteiger charge is 2.31. The third kappa shape index (κ3) is 1.88. The second-order valence-corrected chi connectivity index (χ2v) is 5.27. The van der Waals surface area contributed by atoms with Crippen LogP contribution in [0, 0.1) is 23.7 Å². The minimum Gasteiger partial charge on any atom is -0.355 e. The lowest BCUT2D eigenvalue weighted by Gasteiger charge is -2.21. The Labute approximate surface area is 96.7 Å². The summed E-state index contributed by atoms with van der Waals surface area (Å²) < 4.78 is 0. The topological polar surface area (TPSA) is 39.9 Å². The summed E-state index contributed by atoms with van der Waals surface area (Å²) in [7, 11) is 0. The molecule has 16 heavy (non-hydrogen) atoms. The van der Waals surface area contributed by atoms with Crippen molar-refractivity contribution in [1.82, 2.24) is 4.98 Å². The number of pyridine rings is 1. The van der Waals surface area contributed by atoms with Crippen LogP contribution in [0.25, 0.3) is 0 Å². The van der Waals surface area contributed by atoms with E-state index < -0.39 is 0 Å². The van der Waals surface area contributed by atoms with Crippen molar-refractivity contribution in [3.63, 3.8) is 0 Å². The van der Waals surface area contributed by atoms with Gasteiger partial charge in [-0.1, -0.05) is 13.8 Å². The van der Waals surface area contributed by atoms with Gasteiger partial charge < -0.3 is 4.90 Å². The third-order valence-electron chi connectivity index (χ3n) is 3.23. The lowest BCUT2D eigenvalue weighted by Crippen LogP contribution is -2.24. The molecular formula is C13H17N3. The maximum absolute atomic E-state index is 9.17. The molecule has 3 nitrogen and oxygen atoms in total. The first-order valence-electron chi connectivity index (χ1n) is 5.64. The highest BCUT2D eigenvalue weighted by Crippen LogP contribution is 2.33. The van der Waals surface area contributed by atoms with Gasteiger partial charge in [-0.15, -0.1) is 0 Å². The minimum absolute atomic E-state index is 0.331. The lowest BCUT2D eigenvalue weighted by atomic mass is 9.93. The van der Waals surface area contributed by atoms with E-state index in [1.165, 1.54) is 0 Å². The summed E-state index contributed by atoms with van der Waals surface area (Å²) in [5.41, 5.74) is 2.07. The Hall–Kier alpha value is -1.56. The average Bonchev–Trinajstić information content (AvgIpc) is 2.58. The van der Waals surface area contributed by atoms with Gasteiger partial charge in [0.1, 0.15) is 11.9 Å². The Bertz CT molecular complexity index is 443. The van der Waals surface area contributed by atoms with E-state index in [0.29, 0.717) is 5.41 Å². The van der Waals surface area contributed by atoms with Crippen LogP contribution in [-0.4, -0.2) is 18.1 Å². The summed E-state index contributed by atoms with van der Waals surface area (Å²) >= 11 is 0. The van der Waals surface area contributed by atoms with Crippen molar-refractivity contribution >= 4 is 5.82 Å². The maximum Gasteiger partial charge on any atom is 0.146 e. The molecule has 1 aromatic rings. The van der Waals surface area contributed by atoms with Gasteiger partial charge in [0, 0.05) is 19.3 Å². The largest absolute Gasteiger partial charge is 0.355 e. The molecule has 1 saturated heterocycles. The molecule has 0 bridgehead atoms. The monoisotopic (exact) mass is 215 g/mol. The van der Waals surface area contributed by atoms with Gasteiger partial charge in [-0.3, -0.25) is 0 Å². The molecule has 0 unspecified atom stereocenters. The van der Waals surface area contributed by atoms with E-state index >= 15 is 0 Å². The Balaban J connectivity index is 2.36. The highest BCUT2D eigenvalue weighted by atomic mass is 15.2. The van der Waals surface area contributed by atoms with Crippen molar-refractivity contribution in [2.45, 2.75) is 27.2 Å².